The average molecular weight is 763 g/mol. The Kier molecular flexibility index (Phi) is 14.5. The molecule has 1 saturated heterocycles. The molecular formula is C42H58N4O7S. The zero-order valence-corrected chi connectivity index (χ0v) is 33.9. The Morgan fingerprint density at radius 1 is 0.833 bits per heavy atom. The van der Waals surface area contributed by atoms with E-state index in [4.69, 9.17) is 4.74 Å². The first-order valence-corrected chi connectivity index (χ1v) is 20.7. The number of sulfone groups is 1. The molecule has 3 aromatic rings. The Hall–Kier alpha value is -4.16. The monoisotopic (exact) mass is 762 g/mol. The summed E-state index contributed by atoms with van der Waals surface area (Å²) in [6, 6.07) is 17.2. The standard InChI is InChI=1S/C42H58N4O7S/c1-27(2)21-35(43-40(49)33(20-19-31-15-11-9-12-16-31)25-54(51,52)38-29(5)45-46(8)30(38)6)37(47)24-34(23-32-17-13-10-14-18-32)41(50)44-36(22-28(3)4)39(48)42(7)26-53-42/h9-18,27-28,33-36H,19-26H2,1-8H3,(H,43,49)(H,44,50)/t33-,34-,35+,36+,42-/m1/s1. The molecule has 11 nitrogen and oxygen atoms in total. The van der Waals surface area contributed by atoms with Gasteiger partial charge >= 0.3 is 0 Å². The maximum atomic E-state index is 14.3. The number of rotatable bonds is 21. The molecule has 1 aliphatic rings. The fraction of sp³-hybridized carbons (Fsp3) is 0.548. The third-order valence-corrected chi connectivity index (χ3v) is 12.2. The minimum absolute atomic E-state index is 0.000160. The van der Waals surface area contributed by atoms with Crippen LogP contribution in [0.1, 0.15) is 82.8 Å². The van der Waals surface area contributed by atoms with E-state index in [0.29, 0.717) is 37.3 Å². The highest BCUT2D eigenvalue weighted by atomic mass is 32.2. The van der Waals surface area contributed by atoms with Crippen molar-refractivity contribution in [2.75, 3.05) is 12.4 Å². The van der Waals surface area contributed by atoms with Crippen LogP contribution in [0.25, 0.3) is 0 Å². The van der Waals surface area contributed by atoms with Crippen molar-refractivity contribution in [3.8, 4) is 0 Å². The third kappa shape index (κ3) is 11.7. The van der Waals surface area contributed by atoms with E-state index in [1.807, 2.05) is 88.4 Å². The molecule has 0 saturated carbocycles. The molecule has 2 aromatic carbocycles. The van der Waals surface area contributed by atoms with E-state index in [1.165, 1.54) is 4.68 Å². The van der Waals surface area contributed by atoms with E-state index in [2.05, 4.69) is 15.7 Å². The summed E-state index contributed by atoms with van der Waals surface area (Å²) >= 11 is 0. The molecule has 2 amide bonds. The second-order valence-corrected chi connectivity index (χ2v) is 17.9. The van der Waals surface area contributed by atoms with Gasteiger partial charge in [0.15, 0.2) is 21.4 Å². The van der Waals surface area contributed by atoms with E-state index in [1.54, 1.807) is 27.8 Å². The van der Waals surface area contributed by atoms with Crippen molar-refractivity contribution in [1.82, 2.24) is 20.4 Å². The van der Waals surface area contributed by atoms with Gasteiger partial charge in [-0.15, -0.1) is 0 Å². The number of nitrogens with one attached hydrogen (secondary N) is 2. The summed E-state index contributed by atoms with van der Waals surface area (Å²) in [5, 5.41) is 10.2. The summed E-state index contributed by atoms with van der Waals surface area (Å²) in [5.41, 5.74) is 1.74. The van der Waals surface area contributed by atoms with Crippen LogP contribution in [0.2, 0.25) is 0 Å². The van der Waals surface area contributed by atoms with Gasteiger partial charge in [-0.3, -0.25) is 23.9 Å². The molecule has 0 spiro atoms. The van der Waals surface area contributed by atoms with Crippen molar-refractivity contribution in [3.63, 3.8) is 0 Å². The number of epoxide rings is 1. The van der Waals surface area contributed by atoms with E-state index in [9.17, 15) is 27.6 Å². The van der Waals surface area contributed by atoms with Crippen molar-refractivity contribution in [1.29, 1.82) is 0 Å². The number of amides is 2. The largest absolute Gasteiger partial charge is 0.361 e. The number of Topliss-reactive ketones (excluding diaryl/α,β-unsaturated/α-hetero) is 2. The van der Waals surface area contributed by atoms with Crippen LogP contribution in [-0.4, -0.2) is 71.6 Å². The van der Waals surface area contributed by atoms with Crippen LogP contribution in [0.15, 0.2) is 65.6 Å². The van der Waals surface area contributed by atoms with Gasteiger partial charge in [-0.2, -0.15) is 5.10 Å². The molecular weight excluding hydrogens is 705 g/mol. The zero-order chi connectivity index (χ0) is 39.8. The van der Waals surface area contributed by atoms with Crippen molar-refractivity contribution in [2.45, 2.75) is 110 Å². The number of nitrogens with zero attached hydrogens (tertiary/aromatic N) is 2. The lowest BCUT2D eigenvalue weighted by molar-refractivity contribution is -0.135. The molecule has 5 atom stereocenters. The van der Waals surface area contributed by atoms with Gasteiger partial charge in [0.05, 0.1) is 41.7 Å². The lowest BCUT2D eigenvalue weighted by atomic mass is 9.87. The molecule has 1 aliphatic heterocycles. The number of ether oxygens (including phenoxy) is 1. The van der Waals surface area contributed by atoms with E-state index >= 15 is 0 Å². The SMILES string of the molecule is Cc1nn(C)c(C)c1S(=O)(=O)C[C@@H](CCc1ccccc1)C(=O)N[C@@H](CC(C)C)C(=O)C[C@@H](Cc1ccccc1)C(=O)N[C@@H](CC(C)C)C(=O)[C@@]1(C)CO1. The number of hydrogen-bond donors (Lipinski definition) is 2. The molecule has 0 unspecified atom stereocenters. The van der Waals surface area contributed by atoms with Crippen LogP contribution in [0, 0.1) is 37.5 Å². The summed E-state index contributed by atoms with van der Waals surface area (Å²) in [6.07, 6.45) is 1.49. The minimum atomic E-state index is -3.95. The molecule has 4 rings (SSSR count). The lowest BCUT2D eigenvalue weighted by Gasteiger charge is -2.27. The zero-order valence-electron chi connectivity index (χ0n) is 33.1. The summed E-state index contributed by atoms with van der Waals surface area (Å²) in [6.45, 7) is 13.2. The number of carbonyl (C=O) groups is 4. The molecule has 12 heteroatoms. The summed E-state index contributed by atoms with van der Waals surface area (Å²) in [5.74, 6) is -3.59. The number of aromatic nitrogens is 2. The number of benzene rings is 2. The number of carbonyl (C=O) groups excluding carboxylic acids is 4. The van der Waals surface area contributed by atoms with Gasteiger partial charge in [-0.25, -0.2) is 8.42 Å². The second kappa shape index (κ2) is 18.4. The van der Waals surface area contributed by atoms with Gasteiger partial charge in [0.1, 0.15) is 10.5 Å². The average Bonchev–Trinajstić information content (AvgIpc) is 3.80. The van der Waals surface area contributed by atoms with Crippen LogP contribution in [0.5, 0.6) is 0 Å². The van der Waals surface area contributed by atoms with Gasteiger partial charge in [-0.05, 0) is 75.8 Å². The van der Waals surface area contributed by atoms with E-state index in [-0.39, 0.29) is 47.6 Å². The fourth-order valence-electron chi connectivity index (χ4n) is 7.01. The second-order valence-electron chi connectivity index (χ2n) is 15.9. The Balaban J connectivity index is 1.60. The van der Waals surface area contributed by atoms with Crippen molar-refractivity contribution < 1.29 is 32.3 Å². The predicted octanol–water partition coefficient (Wildman–Crippen LogP) is 5.30. The highest BCUT2D eigenvalue weighted by Crippen LogP contribution is 2.30. The van der Waals surface area contributed by atoms with Crippen LogP contribution in [0.3, 0.4) is 0 Å². The van der Waals surface area contributed by atoms with Gasteiger partial charge in [0, 0.05) is 19.4 Å². The Morgan fingerprint density at radius 2 is 1.35 bits per heavy atom. The molecule has 0 aliphatic carbocycles. The molecule has 0 radical (unpaired) electrons. The molecule has 294 valence electrons. The molecule has 0 bridgehead atoms. The first-order chi connectivity index (χ1) is 25.4. The number of aryl methyl sites for hydroxylation is 3. The molecule has 2 N–H and O–H groups in total. The smallest absolute Gasteiger partial charge is 0.224 e. The molecule has 54 heavy (non-hydrogen) atoms. The predicted molar refractivity (Wildman–Crippen MR) is 208 cm³/mol. The first-order valence-electron chi connectivity index (χ1n) is 19.0. The van der Waals surface area contributed by atoms with Crippen LogP contribution in [0.4, 0.5) is 0 Å². The normalized spacial score (nSPS) is 17.8. The quantitative estimate of drug-likeness (QED) is 0.139. The van der Waals surface area contributed by atoms with Crippen molar-refractivity contribution in [2.24, 2.45) is 30.7 Å². The van der Waals surface area contributed by atoms with Crippen LogP contribution < -0.4 is 10.6 Å². The Bertz CT molecular complexity index is 1870. The summed E-state index contributed by atoms with van der Waals surface area (Å²) < 4.78 is 34.7. The lowest BCUT2D eigenvalue weighted by Crippen LogP contribution is -2.50. The summed E-state index contributed by atoms with van der Waals surface area (Å²) in [4.78, 5) is 56.0. The molecule has 2 heterocycles. The first kappa shape index (κ1) is 42.6. The molecule has 1 aromatic heterocycles. The number of ketones is 2. The third-order valence-electron chi connectivity index (χ3n) is 10.2. The van der Waals surface area contributed by atoms with Crippen molar-refractivity contribution >= 4 is 33.2 Å². The van der Waals surface area contributed by atoms with Crippen LogP contribution >= 0.6 is 0 Å². The highest BCUT2D eigenvalue weighted by molar-refractivity contribution is 7.91. The van der Waals surface area contributed by atoms with E-state index < -0.39 is 56.9 Å². The minimum Gasteiger partial charge on any atom is -0.361 e. The highest BCUT2D eigenvalue weighted by Gasteiger charge is 2.50. The van der Waals surface area contributed by atoms with E-state index in [0.717, 1.165) is 11.1 Å². The fourth-order valence-corrected chi connectivity index (χ4v) is 9.10. The van der Waals surface area contributed by atoms with Gasteiger partial charge < -0.3 is 15.4 Å². The maximum absolute atomic E-state index is 14.3. The number of hydrogen-bond acceptors (Lipinski definition) is 8. The van der Waals surface area contributed by atoms with Gasteiger partial charge in [0.25, 0.3) is 0 Å². The van der Waals surface area contributed by atoms with Crippen molar-refractivity contribution in [3.05, 3.63) is 83.2 Å². The Morgan fingerprint density at radius 3 is 1.87 bits per heavy atom. The maximum Gasteiger partial charge on any atom is 0.224 e. The Labute approximate surface area is 320 Å². The van der Waals surface area contributed by atoms with Gasteiger partial charge in [-0.1, -0.05) is 88.4 Å². The van der Waals surface area contributed by atoms with Gasteiger partial charge in [0.2, 0.25) is 11.8 Å². The summed E-state index contributed by atoms with van der Waals surface area (Å²) in [7, 11) is -2.27. The van der Waals surface area contributed by atoms with Crippen LogP contribution in [-0.2, 0) is 53.6 Å². The molecule has 1 fully saturated rings. The topological polar surface area (TPSA) is 157 Å².